The van der Waals surface area contributed by atoms with Gasteiger partial charge in [-0.3, -0.25) is 10.1 Å². The van der Waals surface area contributed by atoms with Crippen LogP contribution in [0, 0.1) is 10.1 Å². The summed E-state index contributed by atoms with van der Waals surface area (Å²) >= 11 is 5.85. The van der Waals surface area contributed by atoms with Crippen molar-refractivity contribution in [2.45, 2.75) is 24.7 Å². The van der Waals surface area contributed by atoms with Crippen LogP contribution in [0.25, 0.3) is 0 Å². The smallest absolute Gasteiger partial charge is 0.289 e. The van der Waals surface area contributed by atoms with Gasteiger partial charge in [0.25, 0.3) is 5.69 Å². The van der Waals surface area contributed by atoms with Crippen molar-refractivity contribution in [1.82, 2.24) is 4.72 Å². The van der Waals surface area contributed by atoms with Crippen molar-refractivity contribution in [3.63, 3.8) is 0 Å². The Morgan fingerprint density at radius 1 is 0.933 bits per heavy atom. The molecule has 0 amide bonds. The topological polar surface area (TPSA) is 98.5 Å². The van der Waals surface area contributed by atoms with Crippen LogP contribution >= 0.6 is 11.6 Å². The van der Waals surface area contributed by atoms with E-state index in [9.17, 15) is 18.5 Å². The van der Waals surface area contributed by atoms with Gasteiger partial charge in [0.15, 0.2) is 4.90 Å². The quantitative estimate of drug-likeness (QED) is 0.387. The normalized spacial score (nSPS) is 11.4. The molecule has 0 fully saturated rings. The number of ether oxygens (including phenoxy) is 1. The first kappa shape index (κ1) is 21.9. The van der Waals surface area contributed by atoms with Gasteiger partial charge in [0, 0.05) is 17.6 Å². The second-order valence-corrected chi connectivity index (χ2v) is 8.61. The molecule has 0 unspecified atom stereocenters. The standard InChI is InChI=1S/C21H19ClN2O5S/c22-19-10-11-20(24(25)26)21(12-19)30(27,28)23-13-17-8-4-5-9-18(17)15-29-14-16-6-2-1-3-7-16/h1-12,23H,13-15H2. The number of halogens is 1. The molecule has 0 aliphatic heterocycles. The highest BCUT2D eigenvalue weighted by Gasteiger charge is 2.26. The van der Waals surface area contributed by atoms with Crippen LogP contribution in [0.1, 0.15) is 16.7 Å². The van der Waals surface area contributed by atoms with Gasteiger partial charge in [0.05, 0.1) is 18.1 Å². The maximum Gasteiger partial charge on any atom is 0.289 e. The molecule has 0 atom stereocenters. The Hall–Kier alpha value is -2.78. The van der Waals surface area contributed by atoms with Crippen molar-refractivity contribution in [2.75, 3.05) is 0 Å². The zero-order chi connectivity index (χ0) is 21.6. The molecule has 30 heavy (non-hydrogen) atoms. The summed E-state index contributed by atoms with van der Waals surface area (Å²) in [6.45, 7) is 0.677. The summed E-state index contributed by atoms with van der Waals surface area (Å²) in [4.78, 5) is 9.97. The molecule has 0 aliphatic carbocycles. The Bertz CT molecular complexity index is 1140. The molecule has 0 saturated heterocycles. The minimum atomic E-state index is -4.15. The average Bonchev–Trinajstić information content (AvgIpc) is 2.73. The van der Waals surface area contributed by atoms with E-state index < -0.39 is 25.5 Å². The van der Waals surface area contributed by atoms with Gasteiger partial charge in [0.1, 0.15) is 0 Å². The molecule has 0 aromatic heterocycles. The van der Waals surface area contributed by atoms with Gasteiger partial charge in [-0.05, 0) is 28.8 Å². The fourth-order valence-corrected chi connectivity index (χ4v) is 4.27. The second-order valence-electron chi connectivity index (χ2n) is 6.44. The first-order chi connectivity index (χ1) is 14.4. The van der Waals surface area contributed by atoms with E-state index in [1.54, 1.807) is 12.1 Å². The van der Waals surface area contributed by atoms with Crippen LogP contribution in [-0.4, -0.2) is 13.3 Å². The third-order valence-corrected chi connectivity index (χ3v) is 6.01. The molecule has 0 aliphatic rings. The number of nitrogens with one attached hydrogen (secondary N) is 1. The Morgan fingerprint density at radius 2 is 1.60 bits per heavy atom. The number of benzene rings is 3. The molecule has 156 valence electrons. The Morgan fingerprint density at radius 3 is 2.30 bits per heavy atom. The predicted octanol–water partition coefficient (Wildman–Crippen LogP) is 4.44. The molecule has 3 aromatic carbocycles. The lowest BCUT2D eigenvalue weighted by Crippen LogP contribution is -2.24. The Labute approximate surface area is 179 Å². The van der Waals surface area contributed by atoms with Gasteiger partial charge in [-0.25, -0.2) is 13.1 Å². The predicted molar refractivity (Wildman–Crippen MR) is 114 cm³/mol. The largest absolute Gasteiger partial charge is 0.372 e. The number of hydrogen-bond donors (Lipinski definition) is 1. The summed E-state index contributed by atoms with van der Waals surface area (Å²) in [5, 5.41) is 11.3. The molecule has 7 nitrogen and oxygen atoms in total. The fraction of sp³-hybridized carbons (Fsp3) is 0.143. The highest BCUT2D eigenvalue weighted by atomic mass is 35.5. The SMILES string of the molecule is O=[N+]([O-])c1ccc(Cl)cc1S(=O)(=O)NCc1ccccc1COCc1ccccc1. The fourth-order valence-electron chi connectivity index (χ4n) is 2.83. The molecule has 3 rings (SSSR count). The van der Waals surface area contributed by atoms with Crippen molar-refractivity contribution >= 4 is 27.3 Å². The zero-order valence-corrected chi connectivity index (χ0v) is 17.4. The van der Waals surface area contributed by atoms with Gasteiger partial charge in [0.2, 0.25) is 10.0 Å². The number of hydrogen-bond acceptors (Lipinski definition) is 5. The molecule has 0 radical (unpaired) electrons. The van der Waals surface area contributed by atoms with Gasteiger partial charge >= 0.3 is 0 Å². The molecular formula is C21H19ClN2O5S. The van der Waals surface area contributed by atoms with E-state index in [1.165, 1.54) is 6.07 Å². The lowest BCUT2D eigenvalue weighted by molar-refractivity contribution is -0.387. The summed E-state index contributed by atoms with van der Waals surface area (Å²) in [7, 11) is -4.15. The highest BCUT2D eigenvalue weighted by molar-refractivity contribution is 7.89. The zero-order valence-electron chi connectivity index (χ0n) is 15.8. The molecular weight excluding hydrogens is 428 g/mol. The van der Waals surface area contributed by atoms with E-state index in [-0.39, 0.29) is 11.6 Å². The summed E-state index contributed by atoms with van der Waals surface area (Å²) in [6, 6.07) is 20.3. The number of nitrogens with zero attached hydrogens (tertiary/aromatic N) is 1. The lowest BCUT2D eigenvalue weighted by atomic mass is 10.1. The molecule has 0 spiro atoms. The van der Waals surface area contributed by atoms with Gasteiger partial charge < -0.3 is 4.74 Å². The van der Waals surface area contributed by atoms with Gasteiger partial charge in [-0.1, -0.05) is 66.2 Å². The van der Waals surface area contributed by atoms with E-state index >= 15 is 0 Å². The van der Waals surface area contributed by atoms with Crippen molar-refractivity contribution < 1.29 is 18.1 Å². The van der Waals surface area contributed by atoms with Crippen LogP contribution in [0.5, 0.6) is 0 Å². The van der Waals surface area contributed by atoms with Crippen molar-refractivity contribution in [1.29, 1.82) is 0 Å². The van der Waals surface area contributed by atoms with E-state index in [2.05, 4.69) is 4.72 Å². The van der Waals surface area contributed by atoms with Crippen LogP contribution in [0.2, 0.25) is 5.02 Å². The molecule has 0 saturated carbocycles. The minimum Gasteiger partial charge on any atom is -0.372 e. The second kappa shape index (κ2) is 9.82. The number of nitro benzene ring substituents is 1. The van der Waals surface area contributed by atoms with Crippen LogP contribution in [-0.2, 0) is 34.5 Å². The molecule has 9 heteroatoms. The summed E-state index contributed by atoms with van der Waals surface area (Å²) in [6.07, 6.45) is 0. The maximum atomic E-state index is 12.7. The number of nitro groups is 1. The number of rotatable bonds is 9. The van der Waals surface area contributed by atoms with Crippen molar-refractivity contribution in [3.05, 3.63) is 105 Å². The summed E-state index contributed by atoms with van der Waals surface area (Å²) < 4.78 is 33.5. The Kier molecular flexibility index (Phi) is 7.17. The van der Waals surface area contributed by atoms with Crippen LogP contribution in [0.4, 0.5) is 5.69 Å². The van der Waals surface area contributed by atoms with E-state index in [1.807, 2.05) is 42.5 Å². The molecule has 1 N–H and O–H groups in total. The lowest BCUT2D eigenvalue weighted by Gasteiger charge is -2.12. The number of sulfonamides is 1. The van der Waals surface area contributed by atoms with Crippen molar-refractivity contribution in [3.8, 4) is 0 Å². The van der Waals surface area contributed by atoms with Crippen molar-refractivity contribution in [2.24, 2.45) is 0 Å². The third-order valence-electron chi connectivity index (χ3n) is 4.35. The van der Waals surface area contributed by atoms with Gasteiger partial charge in [-0.15, -0.1) is 0 Å². The first-order valence-electron chi connectivity index (χ1n) is 8.99. The molecule has 3 aromatic rings. The third kappa shape index (κ3) is 5.64. The maximum absolute atomic E-state index is 12.7. The Balaban J connectivity index is 1.71. The van der Waals surface area contributed by atoms with Gasteiger partial charge in [-0.2, -0.15) is 0 Å². The highest BCUT2D eigenvalue weighted by Crippen LogP contribution is 2.27. The average molecular weight is 447 g/mol. The van der Waals surface area contributed by atoms with E-state index in [0.29, 0.717) is 18.8 Å². The molecule has 0 heterocycles. The van der Waals surface area contributed by atoms with Crippen LogP contribution < -0.4 is 4.72 Å². The van der Waals surface area contributed by atoms with E-state index in [4.69, 9.17) is 16.3 Å². The van der Waals surface area contributed by atoms with Crippen LogP contribution in [0.15, 0.2) is 77.7 Å². The summed E-state index contributed by atoms with van der Waals surface area (Å²) in [5.41, 5.74) is 2.02. The molecule has 0 bridgehead atoms. The monoisotopic (exact) mass is 446 g/mol. The minimum absolute atomic E-state index is 0.0448. The van der Waals surface area contributed by atoms with Crippen LogP contribution in [0.3, 0.4) is 0 Å². The van der Waals surface area contributed by atoms with E-state index in [0.717, 1.165) is 23.3 Å². The summed E-state index contributed by atoms with van der Waals surface area (Å²) in [5.74, 6) is 0. The first-order valence-corrected chi connectivity index (χ1v) is 10.8.